The number of fused-ring (bicyclic) bond motifs is 1. The van der Waals surface area contributed by atoms with E-state index in [4.69, 9.17) is 11.6 Å². The third kappa shape index (κ3) is 5.78. The molecule has 3 heterocycles. The number of carbonyl (C=O) groups is 1. The van der Waals surface area contributed by atoms with Crippen LogP contribution in [0.2, 0.25) is 5.02 Å². The number of hydrogen-bond donors (Lipinski definition) is 0. The van der Waals surface area contributed by atoms with Gasteiger partial charge in [0.25, 0.3) is 0 Å². The molecule has 0 radical (unpaired) electrons. The minimum absolute atomic E-state index is 0.0605. The molecule has 8 nitrogen and oxygen atoms in total. The van der Waals surface area contributed by atoms with Crippen LogP contribution in [0.15, 0.2) is 38.4 Å². The number of benzene rings is 1. The number of methoxy groups -OCH3 is 1. The molecule has 2 aromatic heterocycles. The number of rotatable bonds is 4. The van der Waals surface area contributed by atoms with Crippen LogP contribution >= 0.6 is 46.2 Å². The summed E-state index contributed by atoms with van der Waals surface area (Å²) in [5.41, 5.74) is 0.0829. The minimum atomic E-state index is -0.580. The topological polar surface area (TPSA) is 91.4 Å². The lowest BCUT2D eigenvalue weighted by Crippen LogP contribution is -2.31. The Balaban J connectivity index is 0.000000448. The molecular formula is C17H17ClFN5O3S3. The summed E-state index contributed by atoms with van der Waals surface area (Å²) in [6, 6.07) is 2.64. The molecule has 4 rings (SSSR count). The number of thioether (sulfide) groups is 1. The van der Waals surface area contributed by atoms with Crippen molar-refractivity contribution < 1.29 is 13.9 Å². The maximum Gasteiger partial charge on any atom is 0.325 e. The van der Waals surface area contributed by atoms with Crippen LogP contribution in [0.3, 0.4) is 0 Å². The van der Waals surface area contributed by atoms with Crippen molar-refractivity contribution >= 4 is 57.9 Å². The summed E-state index contributed by atoms with van der Waals surface area (Å²) in [7, 11) is 1.30. The number of carbonyl (C=O) groups excluding carboxylic acids is 1. The molecule has 0 fully saturated rings. The number of aromatic nitrogens is 4. The van der Waals surface area contributed by atoms with Gasteiger partial charge in [-0.25, -0.2) is 14.1 Å². The number of ether oxygens (including phenoxy) is 1. The Hall–Kier alpha value is -2.02. The molecule has 30 heavy (non-hydrogen) atoms. The van der Waals surface area contributed by atoms with Crippen LogP contribution in [-0.4, -0.2) is 37.8 Å². The summed E-state index contributed by atoms with van der Waals surface area (Å²) in [6.45, 7) is 1.32. The SMILES string of the molecule is COC(=O)CSc1cc(/N=c2\sc(=O)n3n2CCCC3)c(F)cc1Cl.c1csnn1. The van der Waals surface area contributed by atoms with E-state index in [-0.39, 0.29) is 21.3 Å². The van der Waals surface area contributed by atoms with Gasteiger partial charge in [-0.1, -0.05) is 16.1 Å². The van der Waals surface area contributed by atoms with Gasteiger partial charge in [0.1, 0.15) is 11.5 Å². The van der Waals surface area contributed by atoms with Crippen LogP contribution in [0.5, 0.6) is 0 Å². The largest absolute Gasteiger partial charge is 0.468 e. The van der Waals surface area contributed by atoms with Crippen molar-refractivity contribution in [3.8, 4) is 0 Å². The second-order valence-electron chi connectivity index (χ2n) is 5.90. The van der Waals surface area contributed by atoms with Crippen molar-refractivity contribution in [2.24, 2.45) is 4.99 Å². The number of hydrogen-bond acceptors (Lipinski definition) is 9. The van der Waals surface area contributed by atoms with Gasteiger partial charge in [-0.15, -0.1) is 16.9 Å². The van der Waals surface area contributed by atoms with Gasteiger partial charge in [0.2, 0.25) is 4.80 Å². The van der Waals surface area contributed by atoms with E-state index in [9.17, 15) is 14.0 Å². The molecule has 0 saturated carbocycles. The summed E-state index contributed by atoms with van der Waals surface area (Å²) in [4.78, 5) is 28.5. The molecule has 0 amide bonds. The molecule has 3 aromatic rings. The van der Waals surface area contributed by atoms with Crippen molar-refractivity contribution in [1.82, 2.24) is 19.0 Å². The van der Waals surface area contributed by atoms with Gasteiger partial charge < -0.3 is 4.74 Å². The quantitative estimate of drug-likeness (QED) is 0.412. The lowest BCUT2D eigenvalue weighted by molar-refractivity contribution is -0.137. The molecule has 1 aliphatic heterocycles. The highest BCUT2D eigenvalue weighted by Gasteiger charge is 2.15. The second kappa shape index (κ2) is 10.8. The zero-order chi connectivity index (χ0) is 21.5. The normalized spacial score (nSPS) is 13.4. The number of nitrogens with zero attached hydrogens (tertiary/aromatic N) is 5. The van der Waals surface area contributed by atoms with Crippen LogP contribution in [0.1, 0.15) is 12.8 Å². The predicted octanol–water partition coefficient (Wildman–Crippen LogP) is 3.33. The van der Waals surface area contributed by atoms with Crippen molar-refractivity contribution in [2.75, 3.05) is 12.9 Å². The molecule has 1 aliphatic rings. The van der Waals surface area contributed by atoms with E-state index in [1.54, 1.807) is 15.6 Å². The Labute approximate surface area is 188 Å². The second-order valence-corrected chi connectivity index (χ2v) is 8.89. The average Bonchev–Trinajstić information content (AvgIpc) is 3.42. The van der Waals surface area contributed by atoms with Crippen LogP contribution in [0.25, 0.3) is 0 Å². The fourth-order valence-electron chi connectivity index (χ4n) is 2.57. The Morgan fingerprint density at radius 1 is 1.37 bits per heavy atom. The smallest absolute Gasteiger partial charge is 0.325 e. The summed E-state index contributed by atoms with van der Waals surface area (Å²) in [6.07, 6.45) is 3.55. The third-order valence-corrected chi connectivity index (χ3v) is 6.72. The first kappa shape index (κ1) is 22.7. The lowest BCUT2D eigenvalue weighted by atomic mass is 10.3. The molecule has 1 aromatic carbocycles. The summed E-state index contributed by atoms with van der Waals surface area (Å²) < 4.78 is 25.8. The van der Waals surface area contributed by atoms with Gasteiger partial charge >= 0.3 is 10.8 Å². The molecule has 0 bridgehead atoms. The zero-order valence-electron chi connectivity index (χ0n) is 15.8. The van der Waals surface area contributed by atoms with Crippen molar-refractivity contribution in [1.29, 1.82) is 0 Å². The van der Waals surface area contributed by atoms with Crippen molar-refractivity contribution in [3.05, 3.63) is 49.0 Å². The molecular weight excluding hydrogens is 473 g/mol. The third-order valence-electron chi connectivity index (χ3n) is 3.96. The molecule has 0 N–H and O–H groups in total. The number of esters is 1. The van der Waals surface area contributed by atoms with Gasteiger partial charge in [0.15, 0.2) is 0 Å². The van der Waals surface area contributed by atoms with Crippen LogP contribution in [0.4, 0.5) is 10.1 Å². The van der Waals surface area contributed by atoms with Gasteiger partial charge in [-0.2, -0.15) is 0 Å². The van der Waals surface area contributed by atoms with Crippen molar-refractivity contribution in [3.63, 3.8) is 0 Å². The monoisotopic (exact) mass is 489 g/mol. The maximum absolute atomic E-state index is 14.3. The predicted molar refractivity (Wildman–Crippen MR) is 115 cm³/mol. The van der Waals surface area contributed by atoms with E-state index in [1.807, 2.05) is 5.38 Å². The first-order chi connectivity index (χ1) is 14.5. The average molecular weight is 490 g/mol. The Kier molecular flexibility index (Phi) is 8.19. The van der Waals surface area contributed by atoms with Crippen molar-refractivity contribution in [2.45, 2.75) is 30.8 Å². The highest BCUT2D eigenvalue weighted by molar-refractivity contribution is 8.00. The summed E-state index contributed by atoms with van der Waals surface area (Å²) >= 11 is 9.52. The van der Waals surface area contributed by atoms with Gasteiger partial charge in [0.05, 0.1) is 24.1 Å². The van der Waals surface area contributed by atoms with Gasteiger partial charge in [-0.3, -0.25) is 14.3 Å². The number of halogens is 2. The Morgan fingerprint density at radius 3 is 2.77 bits per heavy atom. The molecule has 0 spiro atoms. The van der Waals surface area contributed by atoms with E-state index < -0.39 is 11.8 Å². The summed E-state index contributed by atoms with van der Waals surface area (Å²) in [5.74, 6) is -0.923. The minimum Gasteiger partial charge on any atom is -0.468 e. The van der Waals surface area contributed by atoms with Crippen LogP contribution in [0, 0.1) is 5.82 Å². The molecule has 0 atom stereocenters. The summed E-state index contributed by atoms with van der Waals surface area (Å²) in [5, 5.41) is 5.51. The van der Waals surface area contributed by atoms with E-state index in [0.717, 1.165) is 42.0 Å². The standard InChI is InChI=1S/C15H15ClFN3O3S2.C2H2N2S/c1-23-13(21)8-24-12-7-11(10(17)6-9(12)16)18-14-19-4-2-3-5-20(19)15(22)25-14;1-2-5-4-3-1/h6-7H,2-5,8H2,1H3;1-2H/b18-14-;. The van der Waals surface area contributed by atoms with E-state index in [2.05, 4.69) is 19.3 Å². The Bertz CT molecular complexity index is 1110. The van der Waals surface area contributed by atoms with Gasteiger partial charge in [-0.05, 0) is 47.8 Å². The molecule has 0 saturated heterocycles. The van der Waals surface area contributed by atoms with E-state index >= 15 is 0 Å². The fourth-order valence-corrected chi connectivity index (χ4v) is 4.83. The van der Waals surface area contributed by atoms with E-state index in [0.29, 0.717) is 22.8 Å². The lowest BCUT2D eigenvalue weighted by Gasteiger charge is -2.15. The van der Waals surface area contributed by atoms with E-state index in [1.165, 1.54) is 24.7 Å². The molecule has 0 aliphatic carbocycles. The highest BCUT2D eigenvalue weighted by atomic mass is 35.5. The first-order valence-electron chi connectivity index (χ1n) is 8.74. The fraction of sp³-hybridized carbons (Fsp3) is 0.353. The first-order valence-corrected chi connectivity index (χ1v) is 11.8. The molecule has 13 heteroatoms. The van der Waals surface area contributed by atoms with Crippen LogP contribution < -0.4 is 9.67 Å². The van der Waals surface area contributed by atoms with Gasteiger partial charge in [0, 0.05) is 23.4 Å². The molecule has 160 valence electrons. The Morgan fingerprint density at radius 2 is 2.13 bits per heavy atom. The zero-order valence-corrected chi connectivity index (χ0v) is 19.0. The van der Waals surface area contributed by atoms with Crippen LogP contribution in [-0.2, 0) is 22.6 Å². The molecule has 0 unspecified atom stereocenters. The maximum atomic E-state index is 14.3. The highest BCUT2D eigenvalue weighted by Crippen LogP contribution is 2.33.